The van der Waals surface area contributed by atoms with Crippen LogP contribution in [0.15, 0.2) is 24.3 Å². The molecule has 0 aromatic carbocycles. The minimum Gasteiger partial charge on any atom is -0.394 e. The molecule has 1 heterocycles. The van der Waals surface area contributed by atoms with E-state index in [1.165, 1.54) is 167 Å². The molecule has 0 aromatic heterocycles. The van der Waals surface area contributed by atoms with Gasteiger partial charge in [-0.25, -0.2) is 0 Å². The lowest BCUT2D eigenvalue weighted by Crippen LogP contribution is -2.60. The van der Waals surface area contributed by atoms with Crippen LogP contribution in [0.25, 0.3) is 0 Å². The molecule has 0 bridgehead atoms. The molecule has 0 aliphatic carbocycles. The van der Waals surface area contributed by atoms with Crippen LogP contribution in [-0.4, -0.2) is 87.5 Å². The summed E-state index contributed by atoms with van der Waals surface area (Å²) in [7, 11) is 0. The van der Waals surface area contributed by atoms with Crippen molar-refractivity contribution in [2.75, 3.05) is 13.2 Å². The van der Waals surface area contributed by atoms with E-state index in [2.05, 4.69) is 31.3 Å². The molecule has 7 atom stereocenters. The molecular formula is C49H93NO8. The van der Waals surface area contributed by atoms with Crippen molar-refractivity contribution in [2.45, 2.75) is 269 Å². The van der Waals surface area contributed by atoms with Gasteiger partial charge in [0.1, 0.15) is 24.4 Å². The second-order valence-corrected chi connectivity index (χ2v) is 17.3. The highest BCUT2D eigenvalue weighted by Gasteiger charge is 2.44. The second kappa shape index (κ2) is 39.8. The zero-order valence-electron chi connectivity index (χ0n) is 37.6. The first-order chi connectivity index (χ1) is 28.3. The van der Waals surface area contributed by atoms with E-state index in [1.54, 1.807) is 6.08 Å². The van der Waals surface area contributed by atoms with Gasteiger partial charge in [-0.15, -0.1) is 0 Å². The molecule has 0 saturated carbocycles. The lowest BCUT2D eigenvalue weighted by molar-refractivity contribution is -0.302. The highest BCUT2D eigenvalue weighted by molar-refractivity contribution is 5.76. The molecule has 9 heteroatoms. The molecule has 1 aliphatic heterocycles. The van der Waals surface area contributed by atoms with Crippen molar-refractivity contribution in [3.8, 4) is 0 Å². The van der Waals surface area contributed by atoms with Crippen LogP contribution < -0.4 is 5.32 Å². The van der Waals surface area contributed by atoms with Gasteiger partial charge in [0.15, 0.2) is 6.29 Å². The SMILES string of the molecule is CCCCCCC/C=C/CC/C=C/C(O)C(COC1OC(CO)C(O)C(O)C1O)NC(=O)CCCCCCCCCCCCCCCCCCCCCCCCCC. The number of aliphatic hydroxyl groups excluding tert-OH is 5. The fourth-order valence-electron chi connectivity index (χ4n) is 7.82. The quantitative estimate of drug-likeness (QED) is 0.0264. The number of unbranched alkanes of at least 4 members (excludes halogenated alkanes) is 29. The number of carbonyl (C=O) groups is 1. The molecule has 1 amide bonds. The Balaban J connectivity index is 2.23. The van der Waals surface area contributed by atoms with Gasteiger partial charge in [-0.2, -0.15) is 0 Å². The van der Waals surface area contributed by atoms with Gasteiger partial charge >= 0.3 is 0 Å². The first-order valence-electron chi connectivity index (χ1n) is 24.6. The van der Waals surface area contributed by atoms with Crippen molar-refractivity contribution in [3.05, 3.63) is 24.3 Å². The summed E-state index contributed by atoms with van der Waals surface area (Å²) >= 11 is 0. The number of rotatable bonds is 41. The van der Waals surface area contributed by atoms with Gasteiger partial charge in [0.25, 0.3) is 0 Å². The number of allylic oxidation sites excluding steroid dienone is 3. The Bertz CT molecular complexity index is 961. The lowest BCUT2D eigenvalue weighted by atomic mass is 9.99. The second-order valence-electron chi connectivity index (χ2n) is 17.3. The Morgan fingerprint density at radius 2 is 0.983 bits per heavy atom. The topological polar surface area (TPSA) is 149 Å². The lowest BCUT2D eigenvalue weighted by Gasteiger charge is -2.40. The Labute approximate surface area is 356 Å². The summed E-state index contributed by atoms with van der Waals surface area (Å²) in [5.41, 5.74) is 0. The highest BCUT2D eigenvalue weighted by atomic mass is 16.7. The molecular weight excluding hydrogens is 731 g/mol. The minimum atomic E-state index is -1.57. The maximum atomic E-state index is 13.0. The Morgan fingerprint density at radius 3 is 1.45 bits per heavy atom. The third-order valence-electron chi connectivity index (χ3n) is 11.8. The van der Waals surface area contributed by atoms with Crippen LogP contribution in [0.4, 0.5) is 0 Å². The molecule has 9 nitrogen and oxygen atoms in total. The Morgan fingerprint density at radius 1 is 0.569 bits per heavy atom. The zero-order chi connectivity index (χ0) is 42.3. The van der Waals surface area contributed by atoms with E-state index in [1.807, 2.05) is 6.08 Å². The summed E-state index contributed by atoms with van der Waals surface area (Å²) in [4.78, 5) is 13.0. The van der Waals surface area contributed by atoms with Gasteiger partial charge in [0.05, 0.1) is 25.4 Å². The summed E-state index contributed by atoms with van der Waals surface area (Å²) in [6.45, 7) is 3.74. The Hall–Kier alpha value is -1.33. The number of ether oxygens (including phenoxy) is 2. The van der Waals surface area contributed by atoms with Gasteiger partial charge < -0.3 is 40.3 Å². The molecule has 6 N–H and O–H groups in total. The molecule has 0 radical (unpaired) electrons. The van der Waals surface area contributed by atoms with E-state index >= 15 is 0 Å². The molecule has 0 spiro atoms. The van der Waals surface area contributed by atoms with E-state index in [0.717, 1.165) is 38.5 Å². The molecule has 58 heavy (non-hydrogen) atoms. The predicted molar refractivity (Wildman–Crippen MR) is 240 cm³/mol. The average molecular weight is 824 g/mol. The summed E-state index contributed by atoms with van der Waals surface area (Å²) in [6, 6.07) is -0.816. The van der Waals surface area contributed by atoms with Gasteiger partial charge in [0, 0.05) is 6.42 Å². The normalized spacial score (nSPS) is 21.0. The number of nitrogens with one attached hydrogen (secondary N) is 1. The molecule has 7 unspecified atom stereocenters. The summed E-state index contributed by atoms with van der Waals surface area (Å²) < 4.78 is 11.2. The van der Waals surface area contributed by atoms with Crippen molar-refractivity contribution in [1.29, 1.82) is 0 Å². The average Bonchev–Trinajstić information content (AvgIpc) is 3.22. The van der Waals surface area contributed by atoms with Crippen molar-refractivity contribution >= 4 is 5.91 Å². The van der Waals surface area contributed by atoms with Crippen LogP contribution in [-0.2, 0) is 14.3 Å². The van der Waals surface area contributed by atoms with Crippen molar-refractivity contribution in [2.24, 2.45) is 0 Å². The van der Waals surface area contributed by atoms with Gasteiger partial charge in [0.2, 0.25) is 5.91 Å². The standard InChI is InChI=1S/C49H93NO8/c1-3-5-7-9-11-13-15-16-17-18-19-20-21-22-23-24-25-26-27-29-31-33-35-37-39-45(53)50-42(41-57-49-48(56)47(55)46(54)44(40-51)58-49)43(52)38-36-34-32-30-28-14-12-10-8-6-4-2/h28,30,36,38,42-44,46-49,51-52,54-56H,3-27,29,31-35,37,39-41H2,1-2H3,(H,50,53)/b30-28+,38-36+. The van der Waals surface area contributed by atoms with E-state index in [0.29, 0.717) is 6.42 Å². The smallest absolute Gasteiger partial charge is 0.220 e. The van der Waals surface area contributed by atoms with Crippen LogP contribution in [0.5, 0.6) is 0 Å². The molecule has 0 aromatic rings. The van der Waals surface area contributed by atoms with Crippen LogP contribution in [0.3, 0.4) is 0 Å². The monoisotopic (exact) mass is 824 g/mol. The number of amides is 1. The molecule has 1 fully saturated rings. The summed E-state index contributed by atoms with van der Waals surface area (Å²) in [5, 5.41) is 54.1. The van der Waals surface area contributed by atoms with Crippen LogP contribution in [0.2, 0.25) is 0 Å². The Kier molecular flexibility index (Phi) is 37.5. The van der Waals surface area contributed by atoms with Crippen molar-refractivity contribution in [1.82, 2.24) is 5.32 Å². The minimum absolute atomic E-state index is 0.185. The predicted octanol–water partition coefficient (Wildman–Crippen LogP) is 10.7. The third kappa shape index (κ3) is 29.8. The van der Waals surface area contributed by atoms with E-state index in [-0.39, 0.29) is 12.5 Å². The van der Waals surface area contributed by atoms with E-state index in [9.17, 15) is 30.3 Å². The first kappa shape index (κ1) is 54.7. The molecule has 1 rings (SSSR count). The van der Waals surface area contributed by atoms with Gasteiger partial charge in [-0.05, 0) is 32.1 Å². The largest absolute Gasteiger partial charge is 0.394 e. The first-order valence-corrected chi connectivity index (χ1v) is 24.6. The summed E-state index contributed by atoms with van der Waals surface area (Å²) in [5.74, 6) is -0.185. The zero-order valence-corrected chi connectivity index (χ0v) is 37.6. The molecule has 1 saturated heterocycles. The number of aliphatic hydroxyl groups is 5. The van der Waals surface area contributed by atoms with Crippen LogP contribution in [0.1, 0.15) is 226 Å². The number of carbonyl (C=O) groups excluding carboxylic acids is 1. The summed E-state index contributed by atoms with van der Waals surface area (Å²) in [6.07, 6.45) is 41.0. The van der Waals surface area contributed by atoms with E-state index < -0.39 is 49.5 Å². The fraction of sp³-hybridized carbons (Fsp3) is 0.898. The van der Waals surface area contributed by atoms with Gasteiger partial charge in [-0.3, -0.25) is 4.79 Å². The highest BCUT2D eigenvalue weighted by Crippen LogP contribution is 2.23. The maximum absolute atomic E-state index is 13.0. The molecule has 1 aliphatic rings. The maximum Gasteiger partial charge on any atom is 0.220 e. The number of hydrogen-bond donors (Lipinski definition) is 6. The fourth-order valence-corrected chi connectivity index (χ4v) is 7.82. The third-order valence-corrected chi connectivity index (χ3v) is 11.8. The van der Waals surface area contributed by atoms with Gasteiger partial charge in [-0.1, -0.05) is 212 Å². The van der Waals surface area contributed by atoms with Crippen LogP contribution in [0, 0.1) is 0 Å². The molecule has 342 valence electrons. The van der Waals surface area contributed by atoms with Crippen molar-refractivity contribution in [3.63, 3.8) is 0 Å². The number of hydrogen-bond acceptors (Lipinski definition) is 8. The van der Waals surface area contributed by atoms with Crippen LogP contribution >= 0.6 is 0 Å². The van der Waals surface area contributed by atoms with Crippen molar-refractivity contribution < 1.29 is 39.8 Å². The van der Waals surface area contributed by atoms with E-state index in [4.69, 9.17) is 9.47 Å².